The normalized spacial score (nSPS) is 10.3. The largest absolute Gasteiger partial charge is 0.451 e. The zero-order chi connectivity index (χ0) is 16.1. The first-order chi connectivity index (χ1) is 10.5. The molecule has 0 radical (unpaired) electrons. The molecule has 2 aromatic heterocycles. The highest BCUT2D eigenvalue weighted by Crippen LogP contribution is 2.09. The van der Waals surface area contributed by atoms with Gasteiger partial charge in [0.2, 0.25) is 0 Å². The van der Waals surface area contributed by atoms with Gasteiger partial charge in [-0.1, -0.05) is 0 Å². The molecule has 7 heteroatoms. The van der Waals surface area contributed by atoms with E-state index in [4.69, 9.17) is 4.74 Å². The number of Topliss-reactive ketones (excluding diaryl/α,β-unsaturated/α-hetero) is 1. The molecule has 0 aliphatic rings. The molecule has 0 bridgehead atoms. The van der Waals surface area contributed by atoms with Crippen LogP contribution in [0.15, 0.2) is 29.1 Å². The van der Waals surface area contributed by atoms with Crippen LogP contribution in [-0.4, -0.2) is 41.2 Å². The number of aromatic nitrogens is 1. The molecule has 6 nitrogen and oxygen atoms in total. The number of hydrogen-bond acceptors (Lipinski definition) is 5. The number of ether oxygens (including phenoxy) is 1. The Kier molecular flexibility index (Phi) is 5.11. The van der Waals surface area contributed by atoms with Crippen molar-refractivity contribution in [2.45, 2.75) is 13.5 Å². The first-order valence-electron chi connectivity index (χ1n) is 6.59. The second-order valence-corrected chi connectivity index (χ2v) is 5.60. The van der Waals surface area contributed by atoms with Crippen LogP contribution in [0.4, 0.5) is 0 Å². The Morgan fingerprint density at radius 1 is 1.36 bits per heavy atom. The van der Waals surface area contributed by atoms with Gasteiger partial charge in [0, 0.05) is 25.4 Å². The van der Waals surface area contributed by atoms with E-state index in [0.717, 1.165) is 5.56 Å². The summed E-state index contributed by atoms with van der Waals surface area (Å²) in [6.07, 6.45) is 1.43. The van der Waals surface area contributed by atoms with Crippen molar-refractivity contribution < 1.29 is 19.1 Å². The average Bonchev–Trinajstić information content (AvgIpc) is 3.15. The maximum atomic E-state index is 11.9. The van der Waals surface area contributed by atoms with Crippen LogP contribution in [-0.2, 0) is 16.1 Å². The molecule has 1 N–H and O–H groups in total. The predicted molar refractivity (Wildman–Crippen MR) is 81.9 cm³/mol. The molecule has 0 aliphatic carbocycles. The summed E-state index contributed by atoms with van der Waals surface area (Å²) in [5, 5.41) is 3.89. The minimum Gasteiger partial charge on any atom is -0.451 e. The van der Waals surface area contributed by atoms with E-state index in [-0.39, 0.29) is 24.0 Å². The number of nitrogens with one attached hydrogen (secondary N) is 1. The molecule has 0 atom stereocenters. The van der Waals surface area contributed by atoms with Crippen LogP contribution >= 0.6 is 11.3 Å². The molecular formula is C15H16N2O4S. The molecule has 0 saturated carbocycles. The number of H-pyrrole nitrogens is 1. The zero-order valence-corrected chi connectivity index (χ0v) is 13.1. The fraction of sp³-hybridized carbons (Fsp3) is 0.267. The van der Waals surface area contributed by atoms with Crippen LogP contribution in [0.25, 0.3) is 0 Å². The number of thiophene rings is 1. The van der Waals surface area contributed by atoms with Gasteiger partial charge < -0.3 is 14.6 Å². The van der Waals surface area contributed by atoms with Crippen LogP contribution in [0.1, 0.15) is 33.3 Å². The second-order valence-electron chi connectivity index (χ2n) is 4.82. The molecular weight excluding hydrogens is 304 g/mol. The van der Waals surface area contributed by atoms with Gasteiger partial charge in [-0.3, -0.25) is 9.59 Å². The van der Waals surface area contributed by atoms with Gasteiger partial charge in [-0.25, -0.2) is 4.79 Å². The van der Waals surface area contributed by atoms with Crippen molar-refractivity contribution in [1.82, 2.24) is 9.88 Å². The summed E-state index contributed by atoms with van der Waals surface area (Å²) in [4.78, 5) is 39.0. The number of hydrogen-bond donors (Lipinski definition) is 1. The third-order valence-corrected chi connectivity index (χ3v) is 3.79. The average molecular weight is 320 g/mol. The van der Waals surface area contributed by atoms with Crippen molar-refractivity contribution in [2.24, 2.45) is 0 Å². The number of esters is 1. The summed E-state index contributed by atoms with van der Waals surface area (Å²) in [5.74, 6) is -1.11. The van der Waals surface area contributed by atoms with Gasteiger partial charge in [0.05, 0.1) is 0 Å². The molecule has 2 aromatic rings. The minimum absolute atomic E-state index is 0.151. The second kappa shape index (κ2) is 7.04. The quantitative estimate of drug-likeness (QED) is 0.653. The van der Waals surface area contributed by atoms with Gasteiger partial charge in [-0.05, 0) is 35.4 Å². The van der Waals surface area contributed by atoms with E-state index >= 15 is 0 Å². The fourth-order valence-electron chi connectivity index (χ4n) is 1.78. The Morgan fingerprint density at radius 3 is 2.73 bits per heavy atom. The van der Waals surface area contributed by atoms with E-state index in [1.807, 2.05) is 16.8 Å². The van der Waals surface area contributed by atoms with E-state index < -0.39 is 5.97 Å². The molecule has 2 heterocycles. The molecule has 0 aliphatic heterocycles. The number of amides is 1. The topological polar surface area (TPSA) is 79.5 Å². The third kappa shape index (κ3) is 4.05. The summed E-state index contributed by atoms with van der Waals surface area (Å²) >= 11 is 1.56. The van der Waals surface area contributed by atoms with Crippen LogP contribution < -0.4 is 0 Å². The third-order valence-electron chi connectivity index (χ3n) is 3.06. The monoisotopic (exact) mass is 320 g/mol. The van der Waals surface area contributed by atoms with Crippen LogP contribution in [0, 0.1) is 0 Å². The summed E-state index contributed by atoms with van der Waals surface area (Å²) < 4.78 is 4.95. The molecule has 1 amide bonds. The Balaban J connectivity index is 1.84. The minimum atomic E-state index is -0.662. The molecule has 22 heavy (non-hydrogen) atoms. The van der Waals surface area contributed by atoms with Gasteiger partial charge in [0.25, 0.3) is 5.91 Å². The molecule has 0 aromatic carbocycles. The van der Waals surface area contributed by atoms with E-state index in [1.165, 1.54) is 24.1 Å². The Labute approximate surface area is 131 Å². The van der Waals surface area contributed by atoms with E-state index in [1.54, 1.807) is 18.4 Å². The number of likely N-dealkylation sites (N-methyl/N-ethyl adjacent to an activating group) is 1. The highest BCUT2D eigenvalue weighted by atomic mass is 32.1. The lowest BCUT2D eigenvalue weighted by Gasteiger charge is -2.16. The van der Waals surface area contributed by atoms with Crippen LogP contribution in [0.2, 0.25) is 0 Å². The molecule has 2 rings (SSSR count). The smallest absolute Gasteiger partial charge is 0.355 e. The van der Waals surface area contributed by atoms with E-state index in [9.17, 15) is 14.4 Å². The molecule has 116 valence electrons. The van der Waals surface area contributed by atoms with E-state index in [2.05, 4.69) is 4.98 Å². The Bertz CT molecular complexity index is 676. The van der Waals surface area contributed by atoms with Gasteiger partial charge in [-0.15, -0.1) is 0 Å². The number of nitrogens with zero attached hydrogens (tertiary/aromatic N) is 1. The predicted octanol–water partition coefficient (Wildman–Crippen LogP) is 2.09. The van der Waals surface area contributed by atoms with E-state index in [0.29, 0.717) is 12.1 Å². The molecule has 0 fully saturated rings. The maximum absolute atomic E-state index is 11.9. The lowest BCUT2D eigenvalue weighted by molar-refractivity contribution is -0.133. The van der Waals surface area contributed by atoms with Crippen LogP contribution in [0.3, 0.4) is 0 Å². The van der Waals surface area contributed by atoms with Gasteiger partial charge in [0.15, 0.2) is 12.4 Å². The summed E-state index contributed by atoms with van der Waals surface area (Å²) in [6.45, 7) is 1.53. The first kappa shape index (κ1) is 16.0. The fourth-order valence-corrected chi connectivity index (χ4v) is 2.44. The number of rotatable bonds is 6. The lowest BCUT2D eigenvalue weighted by Crippen LogP contribution is -2.30. The van der Waals surface area contributed by atoms with Crippen LogP contribution in [0.5, 0.6) is 0 Å². The standard InChI is InChI=1S/C15H16N2O4S/c1-10(18)12-5-13(16-6-12)15(20)21-8-14(19)17(2)7-11-3-4-22-9-11/h3-6,9,16H,7-8H2,1-2H3. The Morgan fingerprint density at radius 2 is 2.14 bits per heavy atom. The van der Waals surface area contributed by atoms with Crippen molar-refractivity contribution in [3.63, 3.8) is 0 Å². The Hall–Kier alpha value is -2.41. The van der Waals surface area contributed by atoms with Crippen molar-refractivity contribution in [2.75, 3.05) is 13.7 Å². The first-order valence-corrected chi connectivity index (χ1v) is 7.53. The molecule has 0 unspecified atom stereocenters. The van der Waals surface area contributed by atoms with Crippen molar-refractivity contribution in [3.05, 3.63) is 45.9 Å². The number of carbonyl (C=O) groups excluding carboxylic acids is 3. The highest BCUT2D eigenvalue weighted by Gasteiger charge is 2.16. The maximum Gasteiger partial charge on any atom is 0.355 e. The number of aromatic amines is 1. The highest BCUT2D eigenvalue weighted by molar-refractivity contribution is 7.07. The number of carbonyl (C=O) groups is 3. The number of ketones is 1. The van der Waals surface area contributed by atoms with Gasteiger partial charge in [-0.2, -0.15) is 11.3 Å². The lowest BCUT2D eigenvalue weighted by atomic mass is 10.2. The van der Waals surface area contributed by atoms with Gasteiger partial charge in [0.1, 0.15) is 5.69 Å². The van der Waals surface area contributed by atoms with Crippen molar-refractivity contribution in [1.29, 1.82) is 0 Å². The SMILES string of the molecule is CC(=O)c1c[nH]c(C(=O)OCC(=O)N(C)Cc2ccsc2)c1. The summed E-state index contributed by atoms with van der Waals surface area (Å²) in [5.41, 5.74) is 1.58. The summed E-state index contributed by atoms with van der Waals surface area (Å²) in [7, 11) is 1.65. The molecule has 0 saturated heterocycles. The van der Waals surface area contributed by atoms with Gasteiger partial charge >= 0.3 is 5.97 Å². The summed E-state index contributed by atoms with van der Waals surface area (Å²) in [6, 6.07) is 3.34. The van der Waals surface area contributed by atoms with Crippen molar-refractivity contribution in [3.8, 4) is 0 Å². The zero-order valence-electron chi connectivity index (χ0n) is 12.3. The van der Waals surface area contributed by atoms with Crippen molar-refractivity contribution >= 4 is 29.0 Å². The molecule has 0 spiro atoms.